The Morgan fingerprint density at radius 3 is 2.72 bits per heavy atom. The zero-order valence-corrected chi connectivity index (χ0v) is 19.3. The second-order valence-corrected chi connectivity index (χ2v) is 8.55. The fourth-order valence-corrected chi connectivity index (χ4v) is 3.83. The quantitative estimate of drug-likeness (QED) is 0.373. The molecule has 2 heterocycles. The molecule has 1 N–H and O–H groups in total. The summed E-state index contributed by atoms with van der Waals surface area (Å²) in [6.45, 7) is 5.63. The molecule has 0 aliphatic heterocycles. The minimum Gasteiger partial charge on any atom is -0.478 e. The van der Waals surface area contributed by atoms with Gasteiger partial charge in [-0.2, -0.15) is 9.78 Å². The number of hydrogen-bond donors (Lipinski definition) is 1. The summed E-state index contributed by atoms with van der Waals surface area (Å²) in [6.07, 6.45) is 1.46. The minimum absolute atomic E-state index is 0.0264. The van der Waals surface area contributed by atoms with Crippen LogP contribution in [0.25, 0.3) is 22.2 Å². The van der Waals surface area contributed by atoms with Gasteiger partial charge in [-0.25, -0.2) is 9.78 Å². The van der Waals surface area contributed by atoms with Crippen LogP contribution in [0.1, 0.15) is 47.3 Å². The Labute approximate surface area is 192 Å². The van der Waals surface area contributed by atoms with Crippen LogP contribution >= 0.6 is 15.9 Å². The van der Waals surface area contributed by atoms with E-state index in [-0.39, 0.29) is 17.0 Å². The Hall–Kier alpha value is -3.52. The zero-order chi connectivity index (χ0) is 23.0. The molecule has 7 nitrogen and oxygen atoms in total. The number of carboxylic acid groups (broad SMARTS) is 1. The molecule has 0 aliphatic rings. The Morgan fingerprint density at radius 1 is 1.22 bits per heavy atom. The molecule has 0 saturated heterocycles. The van der Waals surface area contributed by atoms with E-state index in [4.69, 9.17) is 4.42 Å². The fraction of sp³-hybridized carbons (Fsp3) is 0.167. The van der Waals surface area contributed by atoms with E-state index in [0.29, 0.717) is 39.4 Å². The molecule has 0 unspecified atom stereocenters. The van der Waals surface area contributed by atoms with Crippen LogP contribution in [0.15, 0.2) is 67.3 Å². The number of rotatable bonds is 5. The fourth-order valence-electron chi connectivity index (χ4n) is 3.47. The maximum absolute atomic E-state index is 13.1. The molecule has 0 aliphatic carbocycles. The molecule has 0 amide bonds. The van der Waals surface area contributed by atoms with Crippen LogP contribution < -0.4 is 5.56 Å². The minimum atomic E-state index is -0.992. The van der Waals surface area contributed by atoms with Crippen molar-refractivity contribution in [3.05, 3.63) is 86.1 Å². The van der Waals surface area contributed by atoms with Crippen molar-refractivity contribution in [2.75, 3.05) is 0 Å². The normalized spacial score (nSPS) is 11.7. The van der Waals surface area contributed by atoms with Crippen LogP contribution in [-0.2, 0) is 0 Å². The van der Waals surface area contributed by atoms with Crippen LogP contribution in [0.3, 0.4) is 0 Å². The number of fused-ring (bicyclic) bond motifs is 1. The SMILES string of the molecule is Cc1c(C(=O)O)cccc1-c1ccc(C=Nn2c(C(C)C)nc3ccc(Br)cc3c2=O)o1. The first-order valence-electron chi connectivity index (χ1n) is 9.96. The number of carbonyl (C=O) groups is 1. The van der Waals surface area contributed by atoms with Crippen molar-refractivity contribution >= 4 is 39.0 Å². The van der Waals surface area contributed by atoms with Crippen molar-refractivity contribution in [1.29, 1.82) is 0 Å². The topological polar surface area (TPSA) is 97.7 Å². The largest absolute Gasteiger partial charge is 0.478 e. The van der Waals surface area contributed by atoms with Gasteiger partial charge in [0.05, 0.1) is 22.7 Å². The standard InChI is InChI=1S/C24H20BrN3O4/c1-13(2)22-27-20-9-7-15(25)11-19(20)23(29)28(22)26-12-16-8-10-21(32-16)17-5-4-6-18(14(17)3)24(30)31/h4-13H,1-3H3,(H,30,31). The number of halogens is 1. The Morgan fingerprint density at radius 2 is 2.00 bits per heavy atom. The molecule has 4 rings (SSSR count). The van der Waals surface area contributed by atoms with Gasteiger partial charge in [-0.05, 0) is 48.9 Å². The molecular formula is C24H20BrN3O4. The lowest BCUT2D eigenvalue weighted by Crippen LogP contribution is -2.23. The highest BCUT2D eigenvalue weighted by molar-refractivity contribution is 9.10. The molecule has 8 heteroatoms. The van der Waals surface area contributed by atoms with Crippen LogP contribution in [0, 0.1) is 6.92 Å². The maximum Gasteiger partial charge on any atom is 0.335 e. The van der Waals surface area contributed by atoms with Crippen LogP contribution in [0.2, 0.25) is 0 Å². The monoisotopic (exact) mass is 493 g/mol. The number of carboxylic acids is 1. The lowest BCUT2D eigenvalue weighted by atomic mass is 10.0. The highest BCUT2D eigenvalue weighted by atomic mass is 79.9. The predicted molar refractivity (Wildman–Crippen MR) is 127 cm³/mol. The molecule has 0 fully saturated rings. The third-order valence-corrected chi connectivity index (χ3v) is 5.60. The van der Waals surface area contributed by atoms with E-state index < -0.39 is 5.97 Å². The average Bonchev–Trinajstić information content (AvgIpc) is 3.22. The summed E-state index contributed by atoms with van der Waals surface area (Å²) in [5.41, 5.74) is 1.85. The van der Waals surface area contributed by atoms with Gasteiger partial charge in [0.15, 0.2) is 0 Å². The van der Waals surface area contributed by atoms with Gasteiger partial charge in [0, 0.05) is 16.0 Å². The number of furan rings is 1. The summed E-state index contributed by atoms with van der Waals surface area (Å²) >= 11 is 3.39. The van der Waals surface area contributed by atoms with Crippen molar-refractivity contribution in [3.8, 4) is 11.3 Å². The van der Waals surface area contributed by atoms with Gasteiger partial charge in [0.25, 0.3) is 5.56 Å². The lowest BCUT2D eigenvalue weighted by molar-refractivity contribution is 0.0696. The molecule has 2 aromatic heterocycles. The first-order valence-corrected chi connectivity index (χ1v) is 10.7. The smallest absolute Gasteiger partial charge is 0.335 e. The highest BCUT2D eigenvalue weighted by Crippen LogP contribution is 2.27. The molecule has 32 heavy (non-hydrogen) atoms. The van der Waals surface area contributed by atoms with Gasteiger partial charge < -0.3 is 9.52 Å². The zero-order valence-electron chi connectivity index (χ0n) is 17.7. The molecule has 0 spiro atoms. The van der Waals surface area contributed by atoms with E-state index in [9.17, 15) is 14.7 Å². The molecule has 4 aromatic rings. The first kappa shape index (κ1) is 21.7. The summed E-state index contributed by atoms with van der Waals surface area (Å²) in [7, 11) is 0. The number of benzene rings is 2. The van der Waals surface area contributed by atoms with E-state index in [1.165, 1.54) is 10.9 Å². The lowest BCUT2D eigenvalue weighted by Gasteiger charge is -2.11. The van der Waals surface area contributed by atoms with Gasteiger partial charge in [-0.15, -0.1) is 0 Å². The van der Waals surface area contributed by atoms with Gasteiger partial charge in [-0.3, -0.25) is 4.79 Å². The molecular weight excluding hydrogens is 474 g/mol. The summed E-state index contributed by atoms with van der Waals surface area (Å²) in [5, 5.41) is 14.2. The Bertz CT molecular complexity index is 1430. The number of aromatic carboxylic acids is 1. The molecule has 0 radical (unpaired) electrons. The molecule has 0 atom stereocenters. The molecule has 0 bridgehead atoms. The summed E-state index contributed by atoms with van der Waals surface area (Å²) < 4.78 is 7.94. The molecule has 162 valence electrons. The third kappa shape index (κ3) is 4.01. The van der Waals surface area contributed by atoms with Crippen molar-refractivity contribution in [2.24, 2.45) is 5.10 Å². The van der Waals surface area contributed by atoms with E-state index in [1.54, 1.807) is 49.4 Å². The Balaban J connectivity index is 1.75. The summed E-state index contributed by atoms with van der Waals surface area (Å²) in [4.78, 5) is 29.1. The van der Waals surface area contributed by atoms with Gasteiger partial charge >= 0.3 is 5.97 Å². The first-order chi connectivity index (χ1) is 15.3. The maximum atomic E-state index is 13.1. The average molecular weight is 494 g/mol. The van der Waals surface area contributed by atoms with Crippen molar-refractivity contribution in [2.45, 2.75) is 26.7 Å². The Kier molecular flexibility index (Phi) is 5.80. The van der Waals surface area contributed by atoms with Crippen LogP contribution in [-0.4, -0.2) is 27.0 Å². The van der Waals surface area contributed by atoms with E-state index >= 15 is 0 Å². The van der Waals surface area contributed by atoms with E-state index in [1.807, 2.05) is 19.9 Å². The highest BCUT2D eigenvalue weighted by Gasteiger charge is 2.15. The van der Waals surface area contributed by atoms with Crippen molar-refractivity contribution in [3.63, 3.8) is 0 Å². The van der Waals surface area contributed by atoms with Crippen LogP contribution in [0.5, 0.6) is 0 Å². The number of nitrogens with zero attached hydrogens (tertiary/aromatic N) is 3. The number of hydrogen-bond acceptors (Lipinski definition) is 5. The van der Waals surface area contributed by atoms with Crippen LogP contribution in [0.4, 0.5) is 0 Å². The second-order valence-electron chi connectivity index (χ2n) is 7.63. The molecule has 0 saturated carbocycles. The molecule has 2 aromatic carbocycles. The van der Waals surface area contributed by atoms with Gasteiger partial charge in [-0.1, -0.05) is 41.9 Å². The summed E-state index contributed by atoms with van der Waals surface area (Å²) in [5.74, 6) is 0.466. The van der Waals surface area contributed by atoms with Crippen molar-refractivity contribution in [1.82, 2.24) is 9.66 Å². The third-order valence-electron chi connectivity index (χ3n) is 5.11. The predicted octanol–water partition coefficient (Wildman–Crippen LogP) is 5.43. The number of aromatic nitrogens is 2. The van der Waals surface area contributed by atoms with E-state index in [2.05, 4.69) is 26.0 Å². The second kappa shape index (κ2) is 8.55. The van der Waals surface area contributed by atoms with Gasteiger partial charge in [0.1, 0.15) is 17.3 Å². The van der Waals surface area contributed by atoms with Gasteiger partial charge in [0.2, 0.25) is 0 Å². The van der Waals surface area contributed by atoms with Crippen molar-refractivity contribution < 1.29 is 14.3 Å². The summed E-state index contributed by atoms with van der Waals surface area (Å²) in [6, 6.07) is 13.9. The van der Waals surface area contributed by atoms with E-state index in [0.717, 1.165) is 4.47 Å².